The Balaban J connectivity index is 1.73. The number of carbonyl (C=O) groups is 1. The van der Waals surface area contributed by atoms with Crippen LogP contribution in [0.1, 0.15) is 11.1 Å². The first-order valence-electron chi connectivity index (χ1n) is 7.89. The van der Waals surface area contributed by atoms with E-state index in [1.165, 1.54) is 0 Å². The van der Waals surface area contributed by atoms with Crippen molar-refractivity contribution in [3.63, 3.8) is 0 Å². The first-order valence-corrected chi connectivity index (χ1v) is 8.68. The third-order valence-electron chi connectivity index (χ3n) is 3.89. The highest BCUT2D eigenvalue weighted by atomic mass is 79.9. The SMILES string of the molecule is O=C(Cc1cccc2ccccc12)NN=Cc1cc([N+](=O)[O-])cc(Br)c1[O-]. The van der Waals surface area contributed by atoms with Crippen LogP contribution in [0.2, 0.25) is 0 Å². The Morgan fingerprint density at radius 3 is 2.70 bits per heavy atom. The lowest BCUT2D eigenvalue weighted by molar-refractivity contribution is -0.385. The predicted molar refractivity (Wildman–Crippen MR) is 104 cm³/mol. The van der Waals surface area contributed by atoms with Crippen molar-refractivity contribution in [2.45, 2.75) is 6.42 Å². The van der Waals surface area contributed by atoms with Crippen molar-refractivity contribution in [3.05, 3.63) is 80.3 Å². The summed E-state index contributed by atoms with van der Waals surface area (Å²) in [7, 11) is 0. The average Bonchev–Trinajstić information content (AvgIpc) is 2.65. The number of hydrazone groups is 1. The second kappa shape index (κ2) is 7.96. The fourth-order valence-electron chi connectivity index (χ4n) is 2.63. The summed E-state index contributed by atoms with van der Waals surface area (Å²) >= 11 is 2.99. The van der Waals surface area contributed by atoms with Crippen molar-refractivity contribution in [1.82, 2.24) is 5.43 Å². The molecule has 0 saturated heterocycles. The van der Waals surface area contributed by atoms with E-state index in [0.717, 1.165) is 34.7 Å². The van der Waals surface area contributed by atoms with E-state index in [0.29, 0.717) is 0 Å². The van der Waals surface area contributed by atoms with E-state index < -0.39 is 10.7 Å². The molecule has 0 saturated carbocycles. The maximum Gasteiger partial charge on any atom is 0.271 e. The van der Waals surface area contributed by atoms with Gasteiger partial charge in [-0.05, 0) is 21.9 Å². The quantitative estimate of drug-likeness (QED) is 0.383. The second-order valence-corrected chi connectivity index (χ2v) is 6.57. The number of nitro groups is 1. The molecule has 27 heavy (non-hydrogen) atoms. The minimum atomic E-state index is -0.610. The fraction of sp³-hybridized carbons (Fsp3) is 0.0526. The minimum Gasteiger partial charge on any atom is -0.871 e. The van der Waals surface area contributed by atoms with Crippen molar-refractivity contribution in [3.8, 4) is 5.75 Å². The molecule has 3 aromatic rings. The van der Waals surface area contributed by atoms with Gasteiger partial charge in [0.15, 0.2) is 0 Å². The molecule has 7 nitrogen and oxygen atoms in total. The number of amides is 1. The van der Waals surface area contributed by atoms with Crippen molar-refractivity contribution in [2.24, 2.45) is 5.10 Å². The number of fused-ring (bicyclic) bond motifs is 1. The van der Waals surface area contributed by atoms with Crippen LogP contribution in [0, 0.1) is 10.1 Å². The van der Waals surface area contributed by atoms with Crippen LogP contribution < -0.4 is 10.5 Å². The lowest BCUT2D eigenvalue weighted by atomic mass is 10.0. The van der Waals surface area contributed by atoms with Gasteiger partial charge in [-0.15, -0.1) is 0 Å². The van der Waals surface area contributed by atoms with E-state index in [1.54, 1.807) is 0 Å². The summed E-state index contributed by atoms with van der Waals surface area (Å²) in [6.07, 6.45) is 1.21. The van der Waals surface area contributed by atoms with Crippen molar-refractivity contribution in [2.75, 3.05) is 0 Å². The molecule has 0 unspecified atom stereocenters. The summed E-state index contributed by atoms with van der Waals surface area (Å²) in [6, 6.07) is 15.6. The molecule has 0 fully saturated rings. The van der Waals surface area contributed by atoms with Gasteiger partial charge in [0.25, 0.3) is 5.69 Å². The molecular weight excluding hydrogens is 414 g/mol. The average molecular weight is 427 g/mol. The van der Waals surface area contributed by atoms with Crippen LogP contribution in [0.3, 0.4) is 0 Å². The van der Waals surface area contributed by atoms with Gasteiger partial charge in [-0.3, -0.25) is 14.9 Å². The van der Waals surface area contributed by atoms with Crippen LogP contribution in [0.15, 0.2) is 64.2 Å². The van der Waals surface area contributed by atoms with Gasteiger partial charge >= 0.3 is 0 Å². The van der Waals surface area contributed by atoms with Crippen LogP contribution >= 0.6 is 15.9 Å². The molecule has 0 aliphatic carbocycles. The highest BCUT2D eigenvalue weighted by Gasteiger charge is 2.10. The van der Waals surface area contributed by atoms with Gasteiger partial charge in [0.2, 0.25) is 5.91 Å². The molecule has 1 N–H and O–H groups in total. The number of hydrogen-bond donors (Lipinski definition) is 1. The van der Waals surface area contributed by atoms with Crippen LogP contribution in [0.4, 0.5) is 5.69 Å². The van der Waals surface area contributed by atoms with Gasteiger partial charge < -0.3 is 5.11 Å². The van der Waals surface area contributed by atoms with Gasteiger partial charge in [-0.2, -0.15) is 5.10 Å². The van der Waals surface area contributed by atoms with Crippen LogP contribution in [-0.2, 0) is 11.2 Å². The number of hydrogen-bond acceptors (Lipinski definition) is 5. The molecule has 0 aliphatic heterocycles. The maximum atomic E-state index is 12.2. The normalized spacial score (nSPS) is 11.0. The number of nitro benzene ring substituents is 1. The zero-order valence-corrected chi connectivity index (χ0v) is 15.5. The van der Waals surface area contributed by atoms with Gasteiger partial charge in [0.1, 0.15) is 0 Å². The minimum absolute atomic E-state index is 0.00142. The molecule has 0 atom stereocenters. The molecule has 1 amide bonds. The van der Waals surface area contributed by atoms with E-state index in [-0.39, 0.29) is 28.1 Å². The summed E-state index contributed by atoms with van der Waals surface area (Å²) in [5, 5.41) is 28.6. The molecule has 8 heteroatoms. The number of benzene rings is 3. The first kappa shape index (κ1) is 18.5. The van der Waals surface area contributed by atoms with E-state index in [1.807, 2.05) is 42.5 Å². The number of non-ortho nitro benzene ring substituents is 1. The van der Waals surface area contributed by atoms with Gasteiger partial charge in [-0.1, -0.05) is 64.1 Å². The lowest BCUT2D eigenvalue weighted by Gasteiger charge is -2.12. The second-order valence-electron chi connectivity index (χ2n) is 5.71. The highest BCUT2D eigenvalue weighted by molar-refractivity contribution is 9.10. The molecule has 0 heterocycles. The number of halogens is 1. The predicted octanol–water partition coefficient (Wildman–Crippen LogP) is 3.28. The third-order valence-corrected chi connectivity index (χ3v) is 4.48. The summed E-state index contributed by atoms with van der Waals surface area (Å²) < 4.78 is 0.0558. The van der Waals surface area contributed by atoms with Gasteiger partial charge in [-0.25, -0.2) is 5.43 Å². The van der Waals surface area contributed by atoms with E-state index in [9.17, 15) is 20.0 Å². The molecule has 0 radical (unpaired) electrons. The lowest BCUT2D eigenvalue weighted by Crippen LogP contribution is -2.20. The fourth-order valence-corrected chi connectivity index (χ4v) is 3.10. The van der Waals surface area contributed by atoms with Crippen molar-refractivity contribution < 1.29 is 14.8 Å². The Hall–Kier alpha value is -3.26. The molecule has 0 aliphatic rings. The zero-order valence-electron chi connectivity index (χ0n) is 13.9. The van der Waals surface area contributed by atoms with E-state index in [2.05, 4.69) is 26.5 Å². The van der Waals surface area contributed by atoms with Crippen molar-refractivity contribution in [1.29, 1.82) is 0 Å². The highest BCUT2D eigenvalue weighted by Crippen LogP contribution is 2.29. The van der Waals surface area contributed by atoms with Gasteiger partial charge in [0, 0.05) is 16.6 Å². The Morgan fingerprint density at radius 2 is 1.93 bits per heavy atom. The molecule has 0 aromatic heterocycles. The topological polar surface area (TPSA) is 108 Å². The third kappa shape index (κ3) is 4.29. The maximum absolute atomic E-state index is 12.2. The number of rotatable bonds is 5. The molecule has 3 rings (SSSR count). The molecule has 136 valence electrons. The Kier molecular flexibility index (Phi) is 5.46. The Labute approximate surface area is 162 Å². The Bertz CT molecular complexity index is 1060. The summed E-state index contributed by atoms with van der Waals surface area (Å²) in [5.74, 6) is -0.813. The molecular formula is C19H13BrN3O4-. The monoisotopic (exact) mass is 426 g/mol. The van der Waals surface area contributed by atoms with E-state index in [4.69, 9.17) is 0 Å². The van der Waals surface area contributed by atoms with Crippen molar-refractivity contribution >= 4 is 44.5 Å². The largest absolute Gasteiger partial charge is 0.871 e. The van der Waals surface area contributed by atoms with Crippen LogP contribution in [0.5, 0.6) is 5.75 Å². The molecule has 0 spiro atoms. The smallest absolute Gasteiger partial charge is 0.271 e. The number of nitrogens with zero attached hydrogens (tertiary/aromatic N) is 2. The van der Waals surface area contributed by atoms with Crippen LogP contribution in [0.25, 0.3) is 10.8 Å². The summed E-state index contributed by atoms with van der Waals surface area (Å²) in [4.78, 5) is 22.4. The van der Waals surface area contributed by atoms with Crippen LogP contribution in [-0.4, -0.2) is 17.0 Å². The standard InChI is InChI=1S/C19H14BrN3O4/c20-17-10-15(23(26)27)8-14(19(17)25)11-21-22-18(24)9-13-6-3-5-12-4-1-2-7-16(12)13/h1-8,10-11,25H,9H2,(H,22,24)/p-1. The Morgan fingerprint density at radius 1 is 1.19 bits per heavy atom. The van der Waals surface area contributed by atoms with E-state index >= 15 is 0 Å². The number of nitrogens with one attached hydrogen (secondary N) is 1. The summed E-state index contributed by atoms with van der Waals surface area (Å²) in [5.41, 5.74) is 2.95. The number of carbonyl (C=O) groups excluding carboxylic acids is 1. The molecule has 0 bridgehead atoms. The zero-order chi connectivity index (χ0) is 19.4. The molecule has 3 aromatic carbocycles. The van der Waals surface area contributed by atoms with Gasteiger partial charge in [0.05, 0.1) is 17.6 Å². The first-order chi connectivity index (χ1) is 13.0. The summed E-state index contributed by atoms with van der Waals surface area (Å²) in [6.45, 7) is 0.